The zero-order valence-electron chi connectivity index (χ0n) is 13.1. The maximum absolute atomic E-state index is 10.8. The molecule has 22 heavy (non-hydrogen) atoms. The first kappa shape index (κ1) is 15.3. The van der Waals surface area contributed by atoms with Crippen LogP contribution in [0.3, 0.4) is 0 Å². The van der Waals surface area contributed by atoms with Gasteiger partial charge < -0.3 is 5.11 Å². The van der Waals surface area contributed by atoms with Gasteiger partial charge in [-0.05, 0) is 36.8 Å². The zero-order chi connectivity index (χ0) is 15.3. The quantitative estimate of drug-likeness (QED) is 0.910. The number of aryl methyl sites for hydroxylation is 1. The first-order valence-electron chi connectivity index (χ1n) is 8.26. The number of hydrogen-bond donors (Lipinski definition) is 1. The Morgan fingerprint density at radius 3 is 1.95 bits per heavy atom. The molecule has 0 radical (unpaired) electrons. The van der Waals surface area contributed by atoms with Gasteiger partial charge in [0.05, 0.1) is 5.60 Å². The second-order valence-corrected chi connectivity index (χ2v) is 6.47. The minimum Gasteiger partial charge on any atom is -0.390 e. The van der Waals surface area contributed by atoms with Crippen molar-refractivity contribution in [1.29, 1.82) is 0 Å². The van der Waals surface area contributed by atoms with Gasteiger partial charge in [-0.3, -0.25) is 4.90 Å². The number of rotatable bonds is 5. The first-order chi connectivity index (χ1) is 10.7. The Morgan fingerprint density at radius 1 is 0.818 bits per heavy atom. The maximum Gasteiger partial charge on any atom is 0.0675 e. The molecule has 0 spiro atoms. The van der Waals surface area contributed by atoms with Crippen molar-refractivity contribution >= 4 is 0 Å². The van der Waals surface area contributed by atoms with E-state index < -0.39 is 5.60 Å². The number of piperidine rings is 1. The van der Waals surface area contributed by atoms with Gasteiger partial charge in [0.15, 0.2) is 0 Å². The summed E-state index contributed by atoms with van der Waals surface area (Å²) in [7, 11) is 0. The first-order valence-corrected chi connectivity index (χ1v) is 8.26. The lowest BCUT2D eigenvalue weighted by Gasteiger charge is -2.38. The largest absolute Gasteiger partial charge is 0.390 e. The second kappa shape index (κ2) is 7.08. The van der Waals surface area contributed by atoms with Crippen molar-refractivity contribution in [3.63, 3.8) is 0 Å². The minimum atomic E-state index is -0.483. The van der Waals surface area contributed by atoms with Gasteiger partial charge in [-0.15, -0.1) is 0 Å². The van der Waals surface area contributed by atoms with E-state index in [1.807, 2.05) is 6.07 Å². The average molecular weight is 295 g/mol. The van der Waals surface area contributed by atoms with Crippen LogP contribution in [0.15, 0.2) is 60.7 Å². The van der Waals surface area contributed by atoms with Crippen LogP contribution in [-0.4, -0.2) is 28.7 Å². The molecular weight excluding hydrogens is 270 g/mol. The molecule has 1 saturated heterocycles. The molecule has 0 aromatic heterocycles. The molecule has 0 aliphatic carbocycles. The van der Waals surface area contributed by atoms with Crippen molar-refractivity contribution < 1.29 is 5.11 Å². The molecule has 0 amide bonds. The van der Waals surface area contributed by atoms with Crippen LogP contribution in [0, 0.1) is 0 Å². The number of nitrogens with zero attached hydrogens (tertiary/aromatic N) is 1. The molecule has 0 bridgehead atoms. The van der Waals surface area contributed by atoms with E-state index in [-0.39, 0.29) is 0 Å². The predicted molar refractivity (Wildman–Crippen MR) is 90.7 cm³/mol. The van der Waals surface area contributed by atoms with Gasteiger partial charge >= 0.3 is 0 Å². The fourth-order valence-electron chi connectivity index (χ4n) is 3.24. The predicted octanol–water partition coefficient (Wildman–Crippen LogP) is 3.65. The van der Waals surface area contributed by atoms with E-state index in [9.17, 15) is 5.11 Å². The van der Waals surface area contributed by atoms with E-state index in [1.165, 1.54) is 11.1 Å². The highest BCUT2D eigenvalue weighted by atomic mass is 16.3. The molecule has 0 saturated carbocycles. The van der Waals surface area contributed by atoms with Crippen LogP contribution in [0.2, 0.25) is 0 Å². The Morgan fingerprint density at radius 2 is 1.36 bits per heavy atom. The van der Waals surface area contributed by atoms with Gasteiger partial charge in [0.1, 0.15) is 0 Å². The lowest BCUT2D eigenvalue weighted by molar-refractivity contribution is -0.0290. The molecule has 1 aliphatic heterocycles. The summed E-state index contributed by atoms with van der Waals surface area (Å²) in [6, 6.07) is 21.1. The molecule has 3 rings (SSSR count). The molecule has 116 valence electrons. The van der Waals surface area contributed by atoms with E-state index in [2.05, 4.69) is 59.5 Å². The van der Waals surface area contributed by atoms with Gasteiger partial charge in [-0.25, -0.2) is 0 Å². The summed E-state index contributed by atoms with van der Waals surface area (Å²) in [6.45, 7) is 2.97. The summed E-state index contributed by atoms with van der Waals surface area (Å²) >= 11 is 0. The average Bonchev–Trinajstić information content (AvgIpc) is 2.58. The van der Waals surface area contributed by atoms with Crippen LogP contribution >= 0.6 is 0 Å². The fourth-order valence-corrected chi connectivity index (χ4v) is 3.24. The summed E-state index contributed by atoms with van der Waals surface area (Å²) in [5.41, 5.74) is 2.20. The molecule has 1 heterocycles. The van der Waals surface area contributed by atoms with E-state index in [0.29, 0.717) is 0 Å². The molecule has 1 fully saturated rings. The third kappa shape index (κ3) is 4.19. The third-order valence-corrected chi connectivity index (χ3v) is 4.76. The SMILES string of the molecule is OC1(CCc2ccccc2)CCN(Cc2ccccc2)CC1. The van der Waals surface area contributed by atoms with Crippen LogP contribution in [-0.2, 0) is 13.0 Å². The van der Waals surface area contributed by atoms with Gasteiger partial charge in [-0.2, -0.15) is 0 Å². The normalized spacial score (nSPS) is 18.2. The lowest BCUT2D eigenvalue weighted by atomic mass is 9.85. The van der Waals surface area contributed by atoms with Crippen molar-refractivity contribution in [2.75, 3.05) is 13.1 Å². The molecule has 2 aromatic rings. The van der Waals surface area contributed by atoms with E-state index in [0.717, 1.165) is 45.3 Å². The van der Waals surface area contributed by atoms with Crippen molar-refractivity contribution in [3.05, 3.63) is 71.8 Å². The van der Waals surface area contributed by atoms with Crippen LogP contribution < -0.4 is 0 Å². The van der Waals surface area contributed by atoms with Crippen LogP contribution in [0.4, 0.5) is 0 Å². The van der Waals surface area contributed by atoms with Gasteiger partial charge in [0, 0.05) is 19.6 Å². The standard InChI is InChI=1S/C20H25NO/c22-20(12-11-18-7-3-1-4-8-18)13-15-21(16-14-20)17-19-9-5-2-6-10-19/h1-10,22H,11-17H2. The Hall–Kier alpha value is -1.64. The highest BCUT2D eigenvalue weighted by Gasteiger charge is 2.31. The number of hydrogen-bond acceptors (Lipinski definition) is 2. The van der Waals surface area contributed by atoms with Crippen molar-refractivity contribution in [2.24, 2.45) is 0 Å². The van der Waals surface area contributed by atoms with Gasteiger partial charge in [0.2, 0.25) is 0 Å². The lowest BCUT2D eigenvalue weighted by Crippen LogP contribution is -2.44. The van der Waals surface area contributed by atoms with Crippen molar-refractivity contribution in [3.8, 4) is 0 Å². The molecule has 0 atom stereocenters. The molecule has 0 unspecified atom stereocenters. The van der Waals surface area contributed by atoms with Crippen molar-refractivity contribution in [2.45, 2.75) is 37.8 Å². The highest BCUT2D eigenvalue weighted by Crippen LogP contribution is 2.28. The molecule has 1 aliphatic rings. The van der Waals surface area contributed by atoms with Crippen LogP contribution in [0.1, 0.15) is 30.4 Å². The van der Waals surface area contributed by atoms with Crippen molar-refractivity contribution in [1.82, 2.24) is 4.90 Å². The Kier molecular flexibility index (Phi) is 4.91. The molecule has 1 N–H and O–H groups in total. The fraction of sp³-hybridized carbons (Fsp3) is 0.400. The highest BCUT2D eigenvalue weighted by molar-refractivity contribution is 5.16. The van der Waals surface area contributed by atoms with Gasteiger partial charge in [-0.1, -0.05) is 60.7 Å². The number of likely N-dealkylation sites (tertiary alicyclic amines) is 1. The van der Waals surface area contributed by atoms with E-state index >= 15 is 0 Å². The number of benzene rings is 2. The van der Waals surface area contributed by atoms with Crippen LogP contribution in [0.25, 0.3) is 0 Å². The maximum atomic E-state index is 10.8. The van der Waals surface area contributed by atoms with Gasteiger partial charge in [0.25, 0.3) is 0 Å². The molecule has 2 nitrogen and oxygen atoms in total. The molecule has 2 heteroatoms. The number of aliphatic hydroxyl groups is 1. The summed E-state index contributed by atoms with van der Waals surface area (Å²) < 4.78 is 0. The third-order valence-electron chi connectivity index (χ3n) is 4.76. The monoisotopic (exact) mass is 295 g/mol. The molecule has 2 aromatic carbocycles. The summed E-state index contributed by atoms with van der Waals surface area (Å²) in [5.74, 6) is 0. The van der Waals surface area contributed by atoms with Crippen LogP contribution in [0.5, 0.6) is 0 Å². The Balaban J connectivity index is 1.48. The summed E-state index contributed by atoms with van der Waals surface area (Å²) in [6.07, 6.45) is 3.60. The second-order valence-electron chi connectivity index (χ2n) is 6.47. The summed E-state index contributed by atoms with van der Waals surface area (Å²) in [5, 5.41) is 10.8. The topological polar surface area (TPSA) is 23.5 Å². The zero-order valence-corrected chi connectivity index (χ0v) is 13.1. The van der Waals surface area contributed by atoms with E-state index in [4.69, 9.17) is 0 Å². The van der Waals surface area contributed by atoms with E-state index in [1.54, 1.807) is 0 Å². The summed E-state index contributed by atoms with van der Waals surface area (Å²) in [4.78, 5) is 2.45. The Labute approximate surface area is 133 Å². The Bertz CT molecular complexity index is 559. The molecular formula is C20H25NO. The smallest absolute Gasteiger partial charge is 0.0675 e. The minimum absolute atomic E-state index is 0.483.